The van der Waals surface area contributed by atoms with Crippen LogP contribution in [0, 0.1) is 17.8 Å². The molecule has 5 rings (SSSR count). The first-order chi connectivity index (χ1) is 25.5. The number of aliphatic hydroxyl groups is 1. The first kappa shape index (κ1) is 39.7. The van der Waals surface area contributed by atoms with E-state index in [0.29, 0.717) is 36.9 Å². The van der Waals surface area contributed by atoms with E-state index in [2.05, 4.69) is 37.2 Å². The molecule has 2 aromatic carbocycles. The summed E-state index contributed by atoms with van der Waals surface area (Å²) in [7, 11) is 0. The van der Waals surface area contributed by atoms with Gasteiger partial charge in [-0.3, -0.25) is 19.2 Å². The van der Waals surface area contributed by atoms with Crippen molar-refractivity contribution in [1.29, 1.82) is 0 Å². The summed E-state index contributed by atoms with van der Waals surface area (Å²) in [5.74, 6) is -3.40. The van der Waals surface area contributed by atoms with Crippen LogP contribution >= 0.6 is 0 Å². The molecule has 3 aliphatic rings. The molecule has 7 atom stereocenters. The van der Waals surface area contributed by atoms with E-state index in [4.69, 9.17) is 9.47 Å². The normalized spacial score (nSPS) is 24.0. The second-order valence-electron chi connectivity index (χ2n) is 14.7. The number of nitrogens with one attached hydrogen (secondary N) is 1. The number of rotatable bonds is 19. The van der Waals surface area contributed by atoms with E-state index < -0.39 is 53.6 Å². The molecule has 3 fully saturated rings. The van der Waals surface area contributed by atoms with E-state index in [9.17, 15) is 19.5 Å². The van der Waals surface area contributed by atoms with Crippen molar-refractivity contribution in [3.63, 3.8) is 0 Å². The number of likely N-dealkylation sites (tertiary alicyclic amines) is 1. The van der Waals surface area contributed by atoms with Crippen LogP contribution in [-0.2, 0) is 28.7 Å². The Kier molecular flexibility index (Phi) is 13.2. The predicted molar refractivity (Wildman–Crippen MR) is 205 cm³/mol. The van der Waals surface area contributed by atoms with Crippen molar-refractivity contribution in [2.45, 2.75) is 89.7 Å². The Morgan fingerprint density at radius 2 is 1.74 bits per heavy atom. The van der Waals surface area contributed by atoms with Crippen molar-refractivity contribution in [3.05, 3.63) is 85.5 Å². The summed E-state index contributed by atoms with van der Waals surface area (Å²) in [4.78, 5) is 62.1. The number of allylic oxidation sites excluding steroid dienone is 1. The Morgan fingerprint density at radius 1 is 1.06 bits per heavy atom. The summed E-state index contributed by atoms with van der Waals surface area (Å²) < 4.78 is 12.9. The number of fused-ring (bicyclic) bond motifs is 1. The zero-order valence-corrected chi connectivity index (χ0v) is 31.6. The van der Waals surface area contributed by atoms with E-state index in [1.165, 1.54) is 4.90 Å². The van der Waals surface area contributed by atoms with E-state index in [1.54, 1.807) is 17.1 Å². The summed E-state index contributed by atoms with van der Waals surface area (Å²) in [6.45, 7) is 17.3. The Balaban J connectivity index is 1.50. The average molecular weight is 729 g/mol. The summed E-state index contributed by atoms with van der Waals surface area (Å²) in [6.07, 6.45) is 3.96. The van der Waals surface area contributed by atoms with Gasteiger partial charge in [0.05, 0.1) is 37.1 Å². The highest BCUT2D eigenvalue weighted by molar-refractivity contribution is 6.05. The molecule has 2 aromatic rings. The van der Waals surface area contributed by atoms with Gasteiger partial charge in [0.25, 0.3) is 5.91 Å². The number of hydrogen-bond acceptors (Lipinski definition) is 8. The van der Waals surface area contributed by atoms with Crippen LogP contribution in [0.3, 0.4) is 0 Å². The number of anilines is 2. The van der Waals surface area contributed by atoms with Crippen molar-refractivity contribution in [2.24, 2.45) is 17.8 Å². The zero-order valence-electron chi connectivity index (χ0n) is 31.6. The number of benzene rings is 2. The van der Waals surface area contributed by atoms with Crippen LogP contribution in [0.2, 0.25) is 0 Å². The van der Waals surface area contributed by atoms with Gasteiger partial charge >= 0.3 is 5.97 Å². The second-order valence-corrected chi connectivity index (χ2v) is 14.7. The SMILES string of the molecule is C=CCCC(=O)NC[C@@H](OC(=O)[C@@H]1[C@@H]2CC[C@]3(O2)[C@H](C(=O)N(CC=C)c2ccc(N(CC)CC)cc2)N([C@@H](CO)CC(C)C)C(=O)[C@@H]13)c1ccccc1. The van der Waals surface area contributed by atoms with Gasteiger partial charge in [0, 0.05) is 37.4 Å². The van der Waals surface area contributed by atoms with Crippen molar-refractivity contribution < 1.29 is 33.8 Å². The average Bonchev–Trinajstić information content (AvgIpc) is 3.81. The van der Waals surface area contributed by atoms with Crippen molar-refractivity contribution in [2.75, 3.05) is 42.6 Å². The van der Waals surface area contributed by atoms with Gasteiger partial charge in [0.2, 0.25) is 11.8 Å². The molecule has 0 unspecified atom stereocenters. The Labute approximate surface area is 314 Å². The lowest BCUT2D eigenvalue weighted by molar-refractivity contribution is -0.161. The molecule has 0 aromatic heterocycles. The topological polar surface area (TPSA) is 129 Å². The third-order valence-corrected chi connectivity index (χ3v) is 10.9. The van der Waals surface area contributed by atoms with Crippen LogP contribution in [-0.4, -0.2) is 90.3 Å². The molecular formula is C42H56N4O7. The first-order valence-electron chi connectivity index (χ1n) is 19.1. The van der Waals surface area contributed by atoms with E-state index >= 15 is 4.79 Å². The molecule has 1 spiro atoms. The molecular weight excluding hydrogens is 672 g/mol. The van der Waals surface area contributed by atoms with Crippen LogP contribution in [0.5, 0.6) is 0 Å². The largest absolute Gasteiger partial charge is 0.455 e. The van der Waals surface area contributed by atoms with E-state index in [-0.39, 0.29) is 43.8 Å². The lowest BCUT2D eigenvalue weighted by Gasteiger charge is -2.39. The molecule has 11 heteroatoms. The van der Waals surface area contributed by atoms with Gasteiger partial charge in [-0.25, -0.2) is 0 Å². The van der Waals surface area contributed by atoms with Gasteiger partial charge in [-0.05, 0) is 75.3 Å². The molecule has 0 aliphatic carbocycles. The fraction of sp³-hybridized carbons (Fsp3) is 0.524. The van der Waals surface area contributed by atoms with Crippen LogP contribution in [0.25, 0.3) is 0 Å². The Hall–Kier alpha value is -4.48. The van der Waals surface area contributed by atoms with Gasteiger partial charge in [0.1, 0.15) is 17.7 Å². The van der Waals surface area contributed by atoms with Crippen molar-refractivity contribution in [1.82, 2.24) is 10.2 Å². The number of hydrogen-bond donors (Lipinski definition) is 2. The molecule has 3 amide bonds. The standard InChI is InChI=1S/C42H56N4O7/c1-7-11-17-35(48)43-26-34(29-15-13-12-14-16-29)52-41(51)36-33-22-23-42(53-33)37(36)39(49)46(32(27-47)25-28(5)6)38(42)40(50)45(24-8-2)31-20-18-30(19-21-31)44(9-3)10-4/h7-8,12-16,18-21,28,32-34,36-38,47H,1-2,9-11,17,22-27H2,3-6H3,(H,43,48)/t32-,33+,34-,36-,37-,38+,42-/m1/s1. The molecule has 0 saturated carbocycles. The van der Waals surface area contributed by atoms with Crippen LogP contribution in [0.4, 0.5) is 11.4 Å². The first-order valence-corrected chi connectivity index (χ1v) is 19.1. The lowest BCUT2D eigenvalue weighted by atomic mass is 9.70. The fourth-order valence-corrected chi connectivity index (χ4v) is 8.53. The predicted octanol–water partition coefficient (Wildman–Crippen LogP) is 5.20. The smallest absolute Gasteiger partial charge is 0.313 e. The third kappa shape index (κ3) is 8.06. The highest BCUT2D eigenvalue weighted by Gasteiger charge is 2.75. The van der Waals surface area contributed by atoms with Crippen LogP contribution in [0.15, 0.2) is 79.9 Å². The minimum atomic E-state index is -1.30. The highest BCUT2D eigenvalue weighted by atomic mass is 16.6. The van der Waals surface area contributed by atoms with E-state index in [1.807, 2.05) is 68.4 Å². The molecule has 0 radical (unpaired) electrons. The summed E-state index contributed by atoms with van der Waals surface area (Å²) in [5.41, 5.74) is 1.07. The maximum absolute atomic E-state index is 15.1. The highest BCUT2D eigenvalue weighted by Crippen LogP contribution is 2.59. The summed E-state index contributed by atoms with van der Waals surface area (Å²) in [6, 6.07) is 15.2. The Morgan fingerprint density at radius 3 is 2.34 bits per heavy atom. The third-order valence-electron chi connectivity index (χ3n) is 10.9. The van der Waals surface area contributed by atoms with Gasteiger partial charge < -0.3 is 34.6 Å². The molecule has 3 aliphatic heterocycles. The van der Waals surface area contributed by atoms with Crippen molar-refractivity contribution >= 4 is 35.1 Å². The zero-order chi connectivity index (χ0) is 38.3. The molecule has 3 saturated heterocycles. The van der Waals surface area contributed by atoms with Gasteiger partial charge in [-0.1, -0.05) is 56.3 Å². The molecule has 11 nitrogen and oxygen atoms in total. The summed E-state index contributed by atoms with van der Waals surface area (Å²) >= 11 is 0. The number of esters is 1. The van der Waals surface area contributed by atoms with E-state index in [0.717, 1.165) is 18.8 Å². The van der Waals surface area contributed by atoms with Gasteiger partial charge in [-0.15, -0.1) is 13.2 Å². The van der Waals surface area contributed by atoms with Crippen LogP contribution < -0.4 is 15.1 Å². The molecule has 2 N–H and O–H groups in total. The minimum Gasteiger partial charge on any atom is -0.455 e. The molecule has 2 bridgehead atoms. The second kappa shape index (κ2) is 17.6. The number of ether oxygens (including phenoxy) is 2. The van der Waals surface area contributed by atoms with Gasteiger partial charge in [-0.2, -0.15) is 0 Å². The number of aliphatic hydroxyl groups excluding tert-OH is 1. The summed E-state index contributed by atoms with van der Waals surface area (Å²) in [5, 5.41) is 13.6. The maximum atomic E-state index is 15.1. The molecule has 3 heterocycles. The monoisotopic (exact) mass is 728 g/mol. The van der Waals surface area contributed by atoms with Crippen LogP contribution in [0.1, 0.15) is 71.5 Å². The number of nitrogens with zero attached hydrogens (tertiary/aromatic N) is 3. The quantitative estimate of drug-likeness (QED) is 0.149. The lowest BCUT2D eigenvalue weighted by Crippen LogP contribution is -2.59. The Bertz CT molecular complexity index is 1610. The van der Waals surface area contributed by atoms with Crippen molar-refractivity contribution in [3.8, 4) is 0 Å². The minimum absolute atomic E-state index is 0.0471. The maximum Gasteiger partial charge on any atom is 0.313 e. The number of carbonyl (C=O) groups excluding carboxylic acids is 4. The fourth-order valence-electron chi connectivity index (χ4n) is 8.53. The number of amides is 3. The van der Waals surface area contributed by atoms with Gasteiger partial charge in [0.15, 0.2) is 0 Å². The molecule has 286 valence electrons. The number of carbonyl (C=O) groups is 4. The molecule has 53 heavy (non-hydrogen) atoms.